The second-order valence-corrected chi connectivity index (χ2v) is 11.3. The summed E-state index contributed by atoms with van der Waals surface area (Å²) in [4.78, 5) is 62.9. The zero-order valence-corrected chi connectivity index (χ0v) is 17.3. The molecular weight excluding hydrogens is 485 g/mol. The van der Waals surface area contributed by atoms with Crippen molar-refractivity contribution < 1.29 is 56.8 Å². The molecule has 2 heterocycles. The summed E-state index contributed by atoms with van der Waals surface area (Å²) in [6.45, 7) is -5.84. The van der Waals surface area contributed by atoms with E-state index in [1.54, 1.807) is 0 Å². The normalized spacial score (nSPS) is 29.3. The van der Waals surface area contributed by atoms with Gasteiger partial charge in [-0.3, -0.25) is 14.3 Å². The number of ether oxygens (including phenoxy) is 1. The molecule has 16 nitrogen and oxygen atoms in total. The minimum Gasteiger partial charge on any atom is -0.387 e. The zero-order chi connectivity index (χ0) is 22.2. The van der Waals surface area contributed by atoms with Crippen LogP contribution in [0.5, 0.6) is 0 Å². The monoisotopic (exact) mass is 500 g/mol. The summed E-state index contributed by atoms with van der Waals surface area (Å²) in [5.41, 5.74) is -2.01. The van der Waals surface area contributed by atoms with Crippen molar-refractivity contribution in [2.45, 2.75) is 24.4 Å². The third-order valence-corrected chi connectivity index (χ3v) is 8.34. The van der Waals surface area contributed by atoms with Gasteiger partial charge in [0.25, 0.3) is 5.56 Å². The average Bonchev–Trinajstić information content (AvgIpc) is 2.78. The highest BCUT2D eigenvalue weighted by molar-refractivity contribution is 8.09. The molecular formula is C9H15N2O14P3S. The molecule has 0 amide bonds. The van der Waals surface area contributed by atoms with Crippen molar-refractivity contribution in [1.82, 2.24) is 9.97 Å². The van der Waals surface area contributed by atoms with Crippen molar-refractivity contribution >= 4 is 34.2 Å². The summed E-state index contributed by atoms with van der Waals surface area (Å²) in [5, 5.41) is 20.0. The van der Waals surface area contributed by atoms with Crippen LogP contribution in [0.4, 0.5) is 0 Å². The molecule has 166 valence electrons. The van der Waals surface area contributed by atoms with Crippen molar-refractivity contribution in [3.8, 4) is 0 Å². The van der Waals surface area contributed by atoms with Gasteiger partial charge < -0.3 is 39.5 Å². The number of aliphatic hydroxyl groups excluding tert-OH is 2. The molecule has 1 aromatic heterocycles. The first-order chi connectivity index (χ1) is 13.1. The molecule has 1 aromatic rings. The van der Waals surface area contributed by atoms with Crippen LogP contribution in [0.1, 0.15) is 11.7 Å². The first-order valence-corrected chi connectivity index (χ1v) is 12.8. The summed E-state index contributed by atoms with van der Waals surface area (Å²) in [7, 11) is -10.6. The Morgan fingerprint density at radius 1 is 1.10 bits per heavy atom. The minimum absolute atomic E-state index is 0.261. The van der Waals surface area contributed by atoms with Crippen molar-refractivity contribution in [3.05, 3.63) is 32.6 Å². The lowest BCUT2D eigenvalue weighted by Crippen LogP contribution is -2.34. The lowest BCUT2D eigenvalue weighted by molar-refractivity contribution is -0.0224. The number of aromatic amines is 2. The lowest BCUT2D eigenvalue weighted by atomic mass is 10.0. The van der Waals surface area contributed by atoms with E-state index in [1.807, 2.05) is 4.98 Å². The van der Waals surface area contributed by atoms with Crippen molar-refractivity contribution in [3.63, 3.8) is 0 Å². The molecule has 0 aliphatic carbocycles. The van der Waals surface area contributed by atoms with E-state index in [-0.39, 0.29) is 5.56 Å². The quantitative estimate of drug-likeness (QED) is 0.174. The van der Waals surface area contributed by atoms with Gasteiger partial charge in [0.2, 0.25) is 0 Å². The average molecular weight is 500 g/mol. The Kier molecular flexibility index (Phi) is 7.54. The molecule has 1 aliphatic heterocycles. The topological polar surface area (TPSA) is 258 Å². The van der Waals surface area contributed by atoms with Gasteiger partial charge in [-0.2, -0.15) is 0 Å². The Morgan fingerprint density at radius 3 is 2.28 bits per heavy atom. The number of phosphoric ester groups is 1. The van der Waals surface area contributed by atoms with Crippen LogP contribution in [0.15, 0.2) is 15.8 Å². The molecule has 29 heavy (non-hydrogen) atoms. The molecule has 1 aliphatic rings. The summed E-state index contributed by atoms with van der Waals surface area (Å²) in [6.07, 6.45) is -5.43. The Morgan fingerprint density at radius 2 is 1.72 bits per heavy atom. The van der Waals surface area contributed by atoms with E-state index in [1.165, 1.54) is 0 Å². The molecule has 2 unspecified atom stereocenters. The van der Waals surface area contributed by atoms with Gasteiger partial charge >= 0.3 is 28.1 Å². The molecule has 1 saturated heterocycles. The molecule has 0 saturated carbocycles. The fourth-order valence-corrected chi connectivity index (χ4v) is 6.82. The van der Waals surface area contributed by atoms with Crippen LogP contribution in [0.25, 0.3) is 0 Å². The van der Waals surface area contributed by atoms with Gasteiger partial charge in [-0.05, 0) is 11.8 Å². The Balaban J connectivity index is 2.06. The Hall–Kier alpha value is -0.610. The highest BCUT2D eigenvalue weighted by Gasteiger charge is 2.46. The summed E-state index contributed by atoms with van der Waals surface area (Å²) in [6, 6.07) is 0. The number of hydrogen-bond donors (Lipinski definition) is 8. The first kappa shape index (κ1) is 24.7. The molecule has 6 atom stereocenters. The van der Waals surface area contributed by atoms with Crippen LogP contribution < -0.4 is 11.2 Å². The number of aromatic nitrogens is 2. The third kappa shape index (κ3) is 6.95. The van der Waals surface area contributed by atoms with Gasteiger partial charge in [0.1, 0.15) is 24.4 Å². The predicted octanol–water partition coefficient (Wildman–Crippen LogP) is -2.32. The minimum atomic E-state index is -5.35. The second kappa shape index (κ2) is 8.86. The van der Waals surface area contributed by atoms with Crippen LogP contribution in [-0.4, -0.2) is 64.7 Å². The number of aliphatic hydroxyl groups is 2. The summed E-state index contributed by atoms with van der Waals surface area (Å²) < 4.78 is 39.8. The number of phosphoric acid groups is 2. The van der Waals surface area contributed by atoms with Gasteiger partial charge in [0.15, 0.2) is 0 Å². The number of nitrogens with one attached hydrogen (secondary N) is 2. The summed E-state index contributed by atoms with van der Waals surface area (Å²) in [5.74, 6) is 0. The van der Waals surface area contributed by atoms with Crippen molar-refractivity contribution in [1.29, 1.82) is 0 Å². The zero-order valence-electron chi connectivity index (χ0n) is 13.8. The highest BCUT2D eigenvalue weighted by atomic mass is 32.5. The van der Waals surface area contributed by atoms with Crippen LogP contribution in [0.2, 0.25) is 0 Å². The number of rotatable bonds is 8. The van der Waals surface area contributed by atoms with Gasteiger partial charge in [0.05, 0.1) is 12.2 Å². The van der Waals surface area contributed by atoms with Crippen LogP contribution in [0, 0.1) is 0 Å². The maximum Gasteiger partial charge on any atom is 0.479 e. The molecule has 1 fully saturated rings. The van der Waals surface area contributed by atoms with E-state index in [9.17, 15) is 38.7 Å². The number of H-pyrrole nitrogens is 2. The highest BCUT2D eigenvalue weighted by Crippen LogP contribution is 2.66. The SMILES string of the molecule is O=c1[nH]cc([C@@H]2O[C@H](COP(=O)(O)OP(O)(=S)OP(=O)(O)O)[C@@H](O)[C@H]2O)c(=O)[nH]1. The van der Waals surface area contributed by atoms with Gasteiger partial charge in [0, 0.05) is 6.20 Å². The molecule has 0 bridgehead atoms. The van der Waals surface area contributed by atoms with Crippen LogP contribution in [-0.2, 0) is 38.8 Å². The lowest BCUT2D eigenvalue weighted by Gasteiger charge is -2.20. The van der Waals surface area contributed by atoms with Crippen LogP contribution in [0.3, 0.4) is 0 Å². The predicted molar refractivity (Wildman–Crippen MR) is 93.8 cm³/mol. The fourth-order valence-electron chi connectivity index (χ4n) is 2.25. The smallest absolute Gasteiger partial charge is 0.387 e. The van der Waals surface area contributed by atoms with Crippen molar-refractivity contribution in [2.75, 3.05) is 6.61 Å². The maximum atomic E-state index is 11.8. The van der Waals surface area contributed by atoms with E-state index in [0.29, 0.717) is 0 Å². The third-order valence-electron chi connectivity index (χ3n) is 3.33. The Labute approximate surface area is 165 Å². The number of hydrogen-bond acceptors (Lipinski definition) is 11. The van der Waals surface area contributed by atoms with Gasteiger partial charge in [-0.15, -0.1) is 0 Å². The standard InChI is InChI=1S/C9H15N2O14P3S/c12-5-4(2-22-27(19,20)25-28(21,29)24-26(16,17)18)23-7(6(5)13)3-1-10-9(15)11-8(3)14/h1,4-7,12-13H,2H2,(H,19,20)(H,21,29)(H2,16,17,18)(H2,10,11,14,15)/t4-,5-,6-,7+,28?/m1/s1. The molecule has 20 heteroatoms. The molecule has 0 spiro atoms. The molecule has 2 rings (SSSR count). The second-order valence-electron chi connectivity index (χ2n) is 5.49. The Bertz CT molecular complexity index is 1000. The van der Waals surface area contributed by atoms with Gasteiger partial charge in [-0.25, -0.2) is 22.5 Å². The van der Waals surface area contributed by atoms with Gasteiger partial charge in [-0.1, -0.05) is 0 Å². The largest absolute Gasteiger partial charge is 0.479 e. The van der Waals surface area contributed by atoms with E-state index in [2.05, 4.69) is 29.9 Å². The van der Waals surface area contributed by atoms with Crippen LogP contribution >= 0.6 is 22.4 Å². The molecule has 0 aromatic carbocycles. The van der Waals surface area contributed by atoms with E-state index in [0.717, 1.165) is 6.20 Å². The molecule has 0 radical (unpaired) electrons. The maximum absolute atomic E-state index is 11.8. The molecule has 8 N–H and O–H groups in total. The summed E-state index contributed by atoms with van der Waals surface area (Å²) >= 11 is 4.17. The van der Waals surface area contributed by atoms with E-state index in [4.69, 9.17) is 14.5 Å². The van der Waals surface area contributed by atoms with E-state index < -0.39 is 64.6 Å². The first-order valence-electron chi connectivity index (χ1n) is 7.22. The fraction of sp³-hybridized carbons (Fsp3) is 0.556. The van der Waals surface area contributed by atoms with E-state index >= 15 is 0 Å². The van der Waals surface area contributed by atoms with Crippen molar-refractivity contribution in [2.24, 2.45) is 0 Å².